The van der Waals surface area contributed by atoms with E-state index in [1.54, 1.807) is 18.2 Å². The van der Waals surface area contributed by atoms with Crippen molar-refractivity contribution in [1.82, 2.24) is 15.1 Å². The number of benzene rings is 1. The highest BCUT2D eigenvalue weighted by molar-refractivity contribution is 6.34. The first-order chi connectivity index (χ1) is 14.4. The van der Waals surface area contributed by atoms with Gasteiger partial charge in [-0.2, -0.15) is 5.10 Å². The van der Waals surface area contributed by atoms with Crippen molar-refractivity contribution in [1.29, 1.82) is 0 Å². The second-order valence-electron chi connectivity index (χ2n) is 7.82. The Morgan fingerprint density at radius 2 is 1.93 bits per heavy atom. The topological polar surface area (TPSA) is 134 Å². The van der Waals surface area contributed by atoms with Gasteiger partial charge < -0.3 is 26.4 Å². The van der Waals surface area contributed by atoms with E-state index < -0.39 is 18.2 Å². The van der Waals surface area contributed by atoms with Gasteiger partial charge in [0.1, 0.15) is 6.23 Å². The van der Waals surface area contributed by atoms with Gasteiger partial charge in [0, 0.05) is 24.1 Å². The predicted octanol–water partition coefficient (Wildman–Crippen LogP) is 2.25. The number of aromatic nitrogens is 2. The summed E-state index contributed by atoms with van der Waals surface area (Å²) in [5.74, 6) is -0.539. The number of nitrogens with zero attached hydrogens (tertiary/aromatic N) is 2. The third kappa shape index (κ3) is 5.51. The maximum absolute atomic E-state index is 12.8. The van der Waals surface area contributed by atoms with Gasteiger partial charge in [-0.3, -0.25) is 4.79 Å². The Morgan fingerprint density at radius 3 is 2.60 bits per heavy atom. The number of carbonyl (C=O) groups is 1. The number of nitrogens with one attached hydrogen (secondary N) is 1. The van der Waals surface area contributed by atoms with Crippen LogP contribution in [0.2, 0.25) is 5.02 Å². The Bertz CT molecular complexity index is 865. The van der Waals surface area contributed by atoms with Crippen LogP contribution in [0.15, 0.2) is 24.3 Å². The lowest BCUT2D eigenvalue weighted by Crippen LogP contribution is -2.40. The van der Waals surface area contributed by atoms with E-state index in [-0.39, 0.29) is 35.5 Å². The first-order valence-corrected chi connectivity index (χ1v) is 10.7. The molecule has 2 unspecified atom stereocenters. The van der Waals surface area contributed by atoms with Gasteiger partial charge in [0.25, 0.3) is 5.91 Å². The van der Waals surface area contributed by atoms with Crippen LogP contribution < -0.4 is 11.1 Å². The van der Waals surface area contributed by atoms with E-state index >= 15 is 0 Å². The first-order valence-electron chi connectivity index (χ1n) is 10.3. The Hall–Kier alpha value is -2.13. The second-order valence-corrected chi connectivity index (χ2v) is 8.23. The summed E-state index contributed by atoms with van der Waals surface area (Å²) in [5.41, 5.74) is 6.62. The number of halogens is 1. The van der Waals surface area contributed by atoms with Crippen LogP contribution in [-0.2, 0) is 6.54 Å². The Labute approximate surface area is 180 Å². The summed E-state index contributed by atoms with van der Waals surface area (Å²) in [5, 5.41) is 37.5. The summed E-state index contributed by atoms with van der Waals surface area (Å²) in [6, 6.07) is 6.28. The smallest absolute Gasteiger partial charge is 0.254 e. The maximum Gasteiger partial charge on any atom is 0.254 e. The van der Waals surface area contributed by atoms with Gasteiger partial charge in [-0.15, -0.1) is 0 Å². The molecule has 6 N–H and O–H groups in total. The molecule has 9 heteroatoms. The van der Waals surface area contributed by atoms with Crippen molar-refractivity contribution in [2.24, 2.45) is 11.7 Å². The van der Waals surface area contributed by atoms with E-state index in [4.69, 9.17) is 17.3 Å². The number of hydrogen-bond acceptors (Lipinski definition) is 6. The highest BCUT2D eigenvalue weighted by Gasteiger charge is 2.24. The lowest BCUT2D eigenvalue weighted by molar-refractivity contribution is 0.0532. The standard InChI is InChI=1S/C21H29ClN4O4/c22-17-8-7-14(18-10-19(28)26(25-18)12-15(27)11-23)9-16(17)21(30)24-20(29)13-5-3-1-2-4-6-13/h7-10,13,15,20,27-29H,1-6,11-12,23H2,(H,24,30). The summed E-state index contributed by atoms with van der Waals surface area (Å²) >= 11 is 6.23. The van der Waals surface area contributed by atoms with Crippen LogP contribution in [0.4, 0.5) is 0 Å². The minimum Gasteiger partial charge on any atom is -0.493 e. The third-order valence-electron chi connectivity index (χ3n) is 5.55. The minimum absolute atomic E-state index is 0.0417. The van der Waals surface area contributed by atoms with Crippen LogP contribution in [0.5, 0.6) is 5.88 Å². The number of aliphatic hydroxyl groups excluding tert-OH is 2. The molecule has 1 fully saturated rings. The summed E-state index contributed by atoms with van der Waals surface area (Å²) in [4.78, 5) is 12.8. The average Bonchev–Trinajstić information content (AvgIpc) is 2.93. The molecule has 1 saturated carbocycles. The summed E-state index contributed by atoms with van der Waals surface area (Å²) in [6.07, 6.45) is 4.45. The van der Waals surface area contributed by atoms with Gasteiger partial charge in [0.15, 0.2) is 0 Å². The van der Waals surface area contributed by atoms with Crippen LogP contribution in [-0.4, -0.2) is 49.9 Å². The number of aliphatic hydroxyl groups is 2. The van der Waals surface area contributed by atoms with Crippen LogP contribution in [0, 0.1) is 5.92 Å². The van der Waals surface area contributed by atoms with E-state index in [0.29, 0.717) is 11.3 Å². The van der Waals surface area contributed by atoms with Crippen molar-refractivity contribution in [2.75, 3.05) is 6.54 Å². The minimum atomic E-state index is -0.920. The average molecular weight is 437 g/mol. The zero-order valence-corrected chi connectivity index (χ0v) is 17.6. The van der Waals surface area contributed by atoms with Crippen molar-refractivity contribution in [3.63, 3.8) is 0 Å². The molecule has 0 saturated heterocycles. The molecule has 1 aromatic heterocycles. The Balaban J connectivity index is 1.76. The molecule has 0 aliphatic heterocycles. The molecule has 1 amide bonds. The van der Waals surface area contributed by atoms with Gasteiger partial charge in [-0.1, -0.05) is 43.4 Å². The van der Waals surface area contributed by atoms with Crippen molar-refractivity contribution in [2.45, 2.75) is 57.4 Å². The first kappa shape index (κ1) is 22.6. The van der Waals surface area contributed by atoms with Crippen LogP contribution in [0.1, 0.15) is 48.9 Å². The summed E-state index contributed by atoms with van der Waals surface area (Å²) in [7, 11) is 0. The van der Waals surface area contributed by atoms with E-state index in [2.05, 4.69) is 10.4 Å². The molecule has 1 aromatic carbocycles. The van der Waals surface area contributed by atoms with E-state index in [9.17, 15) is 20.1 Å². The monoisotopic (exact) mass is 436 g/mol. The van der Waals surface area contributed by atoms with Crippen molar-refractivity contribution in [3.8, 4) is 17.1 Å². The second kappa shape index (κ2) is 10.3. The molecule has 8 nitrogen and oxygen atoms in total. The SMILES string of the molecule is NCC(O)Cn1nc(-c2ccc(Cl)c(C(=O)NC(O)C3CCCCCC3)c2)cc1O. The van der Waals surface area contributed by atoms with Gasteiger partial charge in [0.05, 0.1) is 28.9 Å². The maximum atomic E-state index is 12.8. The fraction of sp³-hybridized carbons (Fsp3) is 0.524. The van der Waals surface area contributed by atoms with Gasteiger partial charge in [-0.05, 0) is 25.0 Å². The molecule has 2 aromatic rings. The molecule has 2 atom stereocenters. The normalized spacial score (nSPS) is 17.3. The number of carbonyl (C=O) groups excluding carboxylic acids is 1. The molecule has 30 heavy (non-hydrogen) atoms. The molecule has 3 rings (SSSR count). The number of aromatic hydroxyl groups is 1. The van der Waals surface area contributed by atoms with E-state index in [1.807, 2.05) is 0 Å². The zero-order chi connectivity index (χ0) is 21.7. The Morgan fingerprint density at radius 1 is 1.23 bits per heavy atom. The Kier molecular flexibility index (Phi) is 7.71. The molecule has 0 bridgehead atoms. The molecule has 1 aliphatic rings. The molecule has 1 heterocycles. The van der Waals surface area contributed by atoms with Crippen LogP contribution in [0.3, 0.4) is 0 Å². The van der Waals surface area contributed by atoms with Crippen molar-refractivity contribution < 1.29 is 20.1 Å². The fourth-order valence-corrected chi connectivity index (χ4v) is 3.98. The van der Waals surface area contributed by atoms with E-state index in [1.165, 1.54) is 10.7 Å². The molecule has 1 aliphatic carbocycles. The number of rotatable bonds is 7. The summed E-state index contributed by atoms with van der Waals surface area (Å²) < 4.78 is 1.25. The number of nitrogens with two attached hydrogens (primary N) is 1. The molecule has 0 radical (unpaired) electrons. The van der Waals surface area contributed by atoms with Crippen LogP contribution in [0.25, 0.3) is 11.3 Å². The van der Waals surface area contributed by atoms with Crippen molar-refractivity contribution in [3.05, 3.63) is 34.9 Å². The predicted molar refractivity (Wildman–Crippen MR) is 114 cm³/mol. The van der Waals surface area contributed by atoms with Crippen LogP contribution >= 0.6 is 11.6 Å². The zero-order valence-electron chi connectivity index (χ0n) is 16.8. The lowest BCUT2D eigenvalue weighted by atomic mass is 9.98. The van der Waals surface area contributed by atoms with E-state index in [0.717, 1.165) is 38.5 Å². The number of amides is 1. The molecular formula is C21H29ClN4O4. The van der Waals surface area contributed by atoms with Crippen molar-refractivity contribution >= 4 is 17.5 Å². The molecular weight excluding hydrogens is 408 g/mol. The number of hydrogen-bond donors (Lipinski definition) is 5. The molecule has 164 valence electrons. The van der Waals surface area contributed by atoms with Gasteiger partial charge >= 0.3 is 0 Å². The third-order valence-corrected chi connectivity index (χ3v) is 5.88. The lowest BCUT2D eigenvalue weighted by Gasteiger charge is -2.22. The highest BCUT2D eigenvalue weighted by Crippen LogP contribution is 2.28. The summed E-state index contributed by atoms with van der Waals surface area (Å²) in [6.45, 7) is 0.0973. The quantitative estimate of drug-likeness (QED) is 0.334. The fourth-order valence-electron chi connectivity index (χ4n) is 3.77. The van der Waals surface area contributed by atoms with Gasteiger partial charge in [-0.25, -0.2) is 4.68 Å². The highest BCUT2D eigenvalue weighted by atomic mass is 35.5. The largest absolute Gasteiger partial charge is 0.493 e. The van der Waals surface area contributed by atoms with Gasteiger partial charge in [0.2, 0.25) is 5.88 Å². The molecule has 0 spiro atoms.